The Balaban J connectivity index is 1.89. The normalized spacial score (nSPS) is 18.5. The van der Waals surface area contributed by atoms with Gasteiger partial charge in [-0.05, 0) is 55.1 Å². The number of carboxylic acids is 1. The van der Waals surface area contributed by atoms with Crippen molar-refractivity contribution in [3.63, 3.8) is 0 Å². The van der Waals surface area contributed by atoms with Crippen molar-refractivity contribution in [2.75, 3.05) is 20.1 Å². The summed E-state index contributed by atoms with van der Waals surface area (Å²) in [6.07, 6.45) is 2.00. The van der Waals surface area contributed by atoms with Crippen molar-refractivity contribution in [3.05, 3.63) is 59.7 Å². The zero-order valence-electron chi connectivity index (χ0n) is 12.8. The SMILES string of the molecule is CN1CCC(Cc2ccc(-c3ccccc3)cc2C(=O)O)C1. The van der Waals surface area contributed by atoms with Crippen LogP contribution in [0.2, 0.25) is 0 Å². The van der Waals surface area contributed by atoms with Crippen LogP contribution in [0.1, 0.15) is 22.3 Å². The molecule has 0 saturated carbocycles. The molecule has 2 aromatic rings. The molecule has 3 heteroatoms. The minimum Gasteiger partial charge on any atom is -0.478 e. The summed E-state index contributed by atoms with van der Waals surface area (Å²) in [5, 5.41) is 9.55. The Bertz CT molecular complexity index is 666. The fraction of sp³-hybridized carbons (Fsp3) is 0.316. The number of nitrogens with zero attached hydrogens (tertiary/aromatic N) is 1. The predicted octanol–water partition coefficient (Wildman–Crippen LogP) is 3.55. The summed E-state index contributed by atoms with van der Waals surface area (Å²) in [6.45, 7) is 2.16. The quantitative estimate of drug-likeness (QED) is 0.938. The first-order valence-corrected chi connectivity index (χ1v) is 7.73. The third-order valence-corrected chi connectivity index (χ3v) is 4.44. The summed E-state index contributed by atoms with van der Waals surface area (Å²) in [5.74, 6) is -0.273. The first-order valence-electron chi connectivity index (χ1n) is 7.73. The number of benzene rings is 2. The lowest BCUT2D eigenvalue weighted by Gasteiger charge is -2.14. The van der Waals surface area contributed by atoms with Gasteiger partial charge in [0.15, 0.2) is 0 Å². The van der Waals surface area contributed by atoms with E-state index in [9.17, 15) is 9.90 Å². The summed E-state index contributed by atoms with van der Waals surface area (Å²) in [6, 6.07) is 15.8. The van der Waals surface area contributed by atoms with Crippen molar-refractivity contribution < 1.29 is 9.90 Å². The molecule has 1 unspecified atom stereocenters. The Morgan fingerprint density at radius 1 is 1.18 bits per heavy atom. The number of hydrogen-bond donors (Lipinski definition) is 1. The molecule has 1 aliphatic rings. The molecular weight excluding hydrogens is 274 g/mol. The topological polar surface area (TPSA) is 40.5 Å². The van der Waals surface area contributed by atoms with Crippen LogP contribution in [-0.2, 0) is 6.42 Å². The van der Waals surface area contributed by atoms with Crippen LogP contribution in [0.4, 0.5) is 0 Å². The maximum absolute atomic E-state index is 11.6. The molecule has 0 spiro atoms. The maximum Gasteiger partial charge on any atom is 0.335 e. The third kappa shape index (κ3) is 3.20. The standard InChI is InChI=1S/C19H21NO2/c1-20-10-9-14(13-20)11-17-8-7-16(12-18(17)19(21)22)15-5-3-2-4-6-15/h2-8,12,14H,9-11,13H2,1H3,(H,21,22). The molecule has 0 bridgehead atoms. The number of rotatable bonds is 4. The Morgan fingerprint density at radius 2 is 1.95 bits per heavy atom. The van der Waals surface area contributed by atoms with Gasteiger partial charge in [0.1, 0.15) is 0 Å². The Morgan fingerprint density at radius 3 is 2.59 bits per heavy atom. The maximum atomic E-state index is 11.6. The Labute approximate surface area is 131 Å². The van der Waals surface area contributed by atoms with E-state index in [4.69, 9.17) is 0 Å². The van der Waals surface area contributed by atoms with E-state index in [1.165, 1.54) is 0 Å². The minimum atomic E-state index is -0.834. The van der Waals surface area contributed by atoms with Crippen molar-refractivity contribution in [2.45, 2.75) is 12.8 Å². The molecule has 1 atom stereocenters. The van der Waals surface area contributed by atoms with Gasteiger partial charge in [0, 0.05) is 6.54 Å². The first-order chi connectivity index (χ1) is 10.6. The number of hydrogen-bond acceptors (Lipinski definition) is 2. The van der Waals surface area contributed by atoms with Crippen molar-refractivity contribution in [3.8, 4) is 11.1 Å². The largest absolute Gasteiger partial charge is 0.478 e. The van der Waals surface area contributed by atoms with E-state index in [1.807, 2.05) is 48.5 Å². The number of aromatic carboxylic acids is 1. The second-order valence-corrected chi connectivity index (χ2v) is 6.16. The van der Waals surface area contributed by atoms with Crippen molar-refractivity contribution in [2.24, 2.45) is 5.92 Å². The number of carboxylic acid groups (broad SMARTS) is 1. The first kappa shape index (κ1) is 14.8. The van der Waals surface area contributed by atoms with Gasteiger partial charge < -0.3 is 10.0 Å². The van der Waals surface area contributed by atoms with E-state index in [0.29, 0.717) is 11.5 Å². The molecule has 0 amide bonds. The molecule has 1 saturated heterocycles. The zero-order chi connectivity index (χ0) is 15.5. The van der Waals surface area contributed by atoms with Gasteiger partial charge in [-0.25, -0.2) is 4.79 Å². The smallest absolute Gasteiger partial charge is 0.335 e. The lowest BCUT2D eigenvalue weighted by Crippen LogP contribution is -2.16. The van der Waals surface area contributed by atoms with Crippen molar-refractivity contribution in [1.82, 2.24) is 4.90 Å². The van der Waals surface area contributed by atoms with Crippen LogP contribution in [0.15, 0.2) is 48.5 Å². The summed E-state index contributed by atoms with van der Waals surface area (Å²) in [5.41, 5.74) is 3.41. The van der Waals surface area contributed by atoms with Crippen molar-refractivity contribution in [1.29, 1.82) is 0 Å². The van der Waals surface area contributed by atoms with Crippen LogP contribution < -0.4 is 0 Å². The van der Waals surface area contributed by atoms with E-state index in [0.717, 1.165) is 42.6 Å². The summed E-state index contributed by atoms with van der Waals surface area (Å²) in [7, 11) is 2.12. The van der Waals surface area contributed by atoms with Gasteiger partial charge >= 0.3 is 5.97 Å². The minimum absolute atomic E-state index is 0.441. The van der Waals surface area contributed by atoms with Gasteiger partial charge in [-0.1, -0.05) is 42.5 Å². The van der Waals surface area contributed by atoms with Gasteiger partial charge in [-0.2, -0.15) is 0 Å². The second-order valence-electron chi connectivity index (χ2n) is 6.16. The molecule has 0 aliphatic carbocycles. The lowest BCUT2D eigenvalue weighted by molar-refractivity contribution is 0.0695. The van der Waals surface area contributed by atoms with E-state index in [-0.39, 0.29) is 0 Å². The molecular formula is C19H21NO2. The fourth-order valence-electron chi connectivity index (χ4n) is 3.27. The summed E-state index contributed by atoms with van der Waals surface area (Å²) < 4.78 is 0. The highest BCUT2D eigenvalue weighted by Crippen LogP contribution is 2.26. The zero-order valence-corrected chi connectivity index (χ0v) is 12.8. The molecule has 114 valence electrons. The molecule has 3 nitrogen and oxygen atoms in total. The van der Waals surface area contributed by atoms with Crippen LogP contribution in [-0.4, -0.2) is 36.1 Å². The molecule has 1 heterocycles. The summed E-state index contributed by atoms with van der Waals surface area (Å²) >= 11 is 0. The number of likely N-dealkylation sites (tertiary alicyclic amines) is 1. The van der Waals surface area contributed by atoms with E-state index >= 15 is 0 Å². The highest BCUT2D eigenvalue weighted by Gasteiger charge is 2.22. The van der Waals surface area contributed by atoms with Crippen LogP contribution in [0.25, 0.3) is 11.1 Å². The van der Waals surface area contributed by atoms with Crippen LogP contribution in [0.5, 0.6) is 0 Å². The molecule has 1 fully saturated rings. The Hall–Kier alpha value is -2.13. The Kier molecular flexibility index (Phi) is 4.25. The average Bonchev–Trinajstić information content (AvgIpc) is 2.93. The van der Waals surface area contributed by atoms with E-state index in [2.05, 4.69) is 11.9 Å². The monoisotopic (exact) mass is 295 g/mol. The van der Waals surface area contributed by atoms with Crippen LogP contribution in [0.3, 0.4) is 0 Å². The lowest BCUT2D eigenvalue weighted by atomic mass is 9.92. The van der Waals surface area contributed by atoms with E-state index < -0.39 is 5.97 Å². The average molecular weight is 295 g/mol. The van der Waals surface area contributed by atoms with Gasteiger partial charge in [0.2, 0.25) is 0 Å². The van der Waals surface area contributed by atoms with Gasteiger partial charge in [0.05, 0.1) is 5.56 Å². The number of carbonyl (C=O) groups is 1. The molecule has 0 aromatic heterocycles. The van der Waals surface area contributed by atoms with Crippen molar-refractivity contribution >= 4 is 5.97 Å². The molecule has 0 radical (unpaired) electrons. The molecule has 1 N–H and O–H groups in total. The fourth-order valence-corrected chi connectivity index (χ4v) is 3.27. The molecule has 1 aliphatic heterocycles. The van der Waals surface area contributed by atoms with E-state index in [1.54, 1.807) is 0 Å². The predicted molar refractivity (Wildman–Crippen MR) is 88.1 cm³/mol. The molecule has 22 heavy (non-hydrogen) atoms. The molecule has 2 aromatic carbocycles. The second kappa shape index (κ2) is 6.32. The molecule has 3 rings (SSSR count). The third-order valence-electron chi connectivity index (χ3n) is 4.44. The van der Waals surface area contributed by atoms with Crippen LogP contribution in [0, 0.1) is 5.92 Å². The highest BCUT2D eigenvalue weighted by atomic mass is 16.4. The van der Waals surface area contributed by atoms with Gasteiger partial charge in [0.25, 0.3) is 0 Å². The summed E-state index contributed by atoms with van der Waals surface area (Å²) in [4.78, 5) is 13.9. The van der Waals surface area contributed by atoms with Gasteiger partial charge in [-0.15, -0.1) is 0 Å². The van der Waals surface area contributed by atoms with Gasteiger partial charge in [-0.3, -0.25) is 0 Å². The highest BCUT2D eigenvalue weighted by molar-refractivity contribution is 5.91. The van der Waals surface area contributed by atoms with Crippen LogP contribution >= 0.6 is 0 Å².